The zero-order valence-corrected chi connectivity index (χ0v) is 6.51. The number of nitrogens with zero attached hydrogens (tertiary/aromatic N) is 2. The molecule has 1 aliphatic rings. The zero-order chi connectivity index (χ0) is 7.40. The van der Waals surface area contributed by atoms with Crippen molar-refractivity contribution in [3.05, 3.63) is 24.4 Å². The van der Waals surface area contributed by atoms with E-state index in [4.69, 9.17) is 5.26 Å². The first-order valence-corrected chi connectivity index (χ1v) is 3.84. The molecule has 0 saturated heterocycles. The lowest BCUT2D eigenvalue weighted by Crippen LogP contribution is -2.22. The van der Waals surface area contributed by atoms with Crippen LogP contribution in [0, 0.1) is 10.7 Å². The van der Waals surface area contributed by atoms with E-state index in [0.717, 1.165) is 0 Å². The maximum Gasteiger partial charge on any atom is 0.135 e. The standard InChI is InChI=1S/C7H8N2S/c1-9-5-3-2-4-7(9)10-6-8/h2-5,7H,1H3. The third-order valence-corrected chi connectivity index (χ3v) is 2.12. The fourth-order valence-corrected chi connectivity index (χ4v) is 1.26. The number of hydrogen-bond donors (Lipinski definition) is 0. The molecule has 0 aromatic heterocycles. The lowest BCUT2D eigenvalue weighted by molar-refractivity contribution is 0.474. The Bertz CT molecular complexity index is 202. The second-order valence-corrected chi connectivity index (χ2v) is 2.89. The fraction of sp³-hybridized carbons (Fsp3) is 0.286. The van der Waals surface area contributed by atoms with Crippen molar-refractivity contribution in [1.82, 2.24) is 4.90 Å². The average Bonchev–Trinajstić information content (AvgIpc) is 1.94. The summed E-state index contributed by atoms with van der Waals surface area (Å²) in [4.78, 5) is 1.99. The number of allylic oxidation sites excluding steroid dienone is 2. The van der Waals surface area contributed by atoms with Gasteiger partial charge in [0.15, 0.2) is 0 Å². The molecular formula is C7H8N2S. The Labute approximate surface area is 64.8 Å². The lowest BCUT2D eigenvalue weighted by atomic mass is 10.4. The molecule has 0 aromatic rings. The largest absolute Gasteiger partial charge is 0.364 e. The smallest absolute Gasteiger partial charge is 0.135 e. The minimum Gasteiger partial charge on any atom is -0.364 e. The van der Waals surface area contributed by atoms with E-state index in [1.54, 1.807) is 0 Å². The van der Waals surface area contributed by atoms with Crippen LogP contribution < -0.4 is 0 Å². The van der Waals surface area contributed by atoms with E-state index in [-0.39, 0.29) is 5.37 Å². The minimum atomic E-state index is 0.190. The third-order valence-electron chi connectivity index (χ3n) is 1.28. The Balaban J connectivity index is 2.54. The van der Waals surface area contributed by atoms with Crippen LogP contribution in [-0.2, 0) is 0 Å². The molecule has 1 rings (SSSR count). The Kier molecular flexibility index (Phi) is 2.41. The van der Waals surface area contributed by atoms with Crippen LogP contribution in [0.15, 0.2) is 24.4 Å². The molecule has 52 valence electrons. The van der Waals surface area contributed by atoms with Crippen molar-refractivity contribution in [3.8, 4) is 5.40 Å². The molecule has 2 nitrogen and oxygen atoms in total. The molecule has 0 fully saturated rings. The van der Waals surface area contributed by atoms with Gasteiger partial charge in [0.05, 0.1) is 0 Å². The normalized spacial score (nSPS) is 22.8. The van der Waals surface area contributed by atoms with Crippen LogP contribution in [0.1, 0.15) is 0 Å². The first-order valence-electron chi connectivity index (χ1n) is 2.96. The van der Waals surface area contributed by atoms with Crippen LogP contribution in [0.3, 0.4) is 0 Å². The van der Waals surface area contributed by atoms with Gasteiger partial charge in [-0.1, -0.05) is 12.2 Å². The van der Waals surface area contributed by atoms with Crippen LogP contribution >= 0.6 is 11.8 Å². The van der Waals surface area contributed by atoms with E-state index in [0.29, 0.717) is 0 Å². The molecule has 0 saturated carbocycles. The number of likely N-dealkylation sites (N-methyl/N-ethyl adjacent to an activating group) is 1. The molecule has 0 bridgehead atoms. The van der Waals surface area contributed by atoms with Crippen LogP contribution in [0.4, 0.5) is 0 Å². The topological polar surface area (TPSA) is 27.0 Å². The quantitative estimate of drug-likeness (QED) is 0.533. The van der Waals surface area contributed by atoms with Gasteiger partial charge < -0.3 is 4.90 Å². The summed E-state index contributed by atoms with van der Waals surface area (Å²) in [5.74, 6) is 0. The Morgan fingerprint density at radius 1 is 1.60 bits per heavy atom. The molecule has 1 atom stereocenters. The highest BCUT2D eigenvalue weighted by atomic mass is 32.2. The van der Waals surface area contributed by atoms with Gasteiger partial charge in [0, 0.05) is 13.2 Å². The van der Waals surface area contributed by atoms with E-state index in [1.807, 2.05) is 36.4 Å². The summed E-state index contributed by atoms with van der Waals surface area (Å²) >= 11 is 1.25. The molecule has 1 unspecified atom stereocenters. The van der Waals surface area contributed by atoms with Crippen molar-refractivity contribution in [3.63, 3.8) is 0 Å². The van der Waals surface area contributed by atoms with Gasteiger partial charge in [-0.3, -0.25) is 0 Å². The molecule has 1 heterocycles. The third kappa shape index (κ3) is 1.55. The van der Waals surface area contributed by atoms with Gasteiger partial charge in [0.1, 0.15) is 10.8 Å². The summed E-state index contributed by atoms with van der Waals surface area (Å²) in [7, 11) is 1.95. The first kappa shape index (κ1) is 7.23. The molecule has 3 heteroatoms. The number of rotatable bonds is 1. The molecule has 0 spiro atoms. The first-order chi connectivity index (χ1) is 4.84. The highest BCUT2D eigenvalue weighted by Crippen LogP contribution is 2.16. The molecule has 0 amide bonds. The lowest BCUT2D eigenvalue weighted by Gasteiger charge is -2.22. The van der Waals surface area contributed by atoms with E-state index in [1.165, 1.54) is 11.8 Å². The molecule has 0 radical (unpaired) electrons. The number of thioether (sulfide) groups is 1. The number of nitriles is 1. The van der Waals surface area contributed by atoms with Crippen molar-refractivity contribution in [2.24, 2.45) is 0 Å². The van der Waals surface area contributed by atoms with E-state index in [2.05, 4.69) is 5.40 Å². The zero-order valence-electron chi connectivity index (χ0n) is 5.69. The number of hydrogen-bond acceptors (Lipinski definition) is 3. The second-order valence-electron chi connectivity index (χ2n) is 1.99. The molecule has 0 aromatic carbocycles. The van der Waals surface area contributed by atoms with Gasteiger partial charge in [-0.2, -0.15) is 5.26 Å². The highest BCUT2D eigenvalue weighted by molar-refractivity contribution is 8.04. The summed E-state index contributed by atoms with van der Waals surface area (Å²) in [6.45, 7) is 0. The van der Waals surface area contributed by atoms with Crippen LogP contribution in [-0.4, -0.2) is 17.3 Å². The predicted octanol–water partition coefficient (Wildman–Crippen LogP) is 1.54. The highest BCUT2D eigenvalue weighted by Gasteiger charge is 2.09. The summed E-state index contributed by atoms with van der Waals surface area (Å²) in [6.07, 6.45) is 7.85. The van der Waals surface area contributed by atoms with Crippen LogP contribution in [0.5, 0.6) is 0 Å². The van der Waals surface area contributed by atoms with Crippen molar-refractivity contribution in [2.45, 2.75) is 5.37 Å². The Hall–Kier alpha value is -0.880. The summed E-state index contributed by atoms with van der Waals surface area (Å²) in [5, 5.41) is 10.6. The van der Waals surface area contributed by atoms with Crippen molar-refractivity contribution < 1.29 is 0 Å². The average molecular weight is 152 g/mol. The molecule has 0 aliphatic carbocycles. The van der Waals surface area contributed by atoms with E-state index >= 15 is 0 Å². The van der Waals surface area contributed by atoms with Crippen molar-refractivity contribution in [2.75, 3.05) is 7.05 Å². The van der Waals surface area contributed by atoms with Gasteiger partial charge in [-0.05, 0) is 17.8 Å². The Morgan fingerprint density at radius 3 is 3.00 bits per heavy atom. The van der Waals surface area contributed by atoms with Crippen molar-refractivity contribution >= 4 is 11.8 Å². The van der Waals surface area contributed by atoms with Gasteiger partial charge in [0.25, 0.3) is 0 Å². The van der Waals surface area contributed by atoms with Crippen LogP contribution in [0.25, 0.3) is 0 Å². The molecular weight excluding hydrogens is 144 g/mol. The minimum absolute atomic E-state index is 0.190. The van der Waals surface area contributed by atoms with Gasteiger partial charge in [-0.15, -0.1) is 0 Å². The fourth-order valence-electron chi connectivity index (χ4n) is 0.742. The summed E-state index contributed by atoms with van der Waals surface area (Å²) in [6, 6.07) is 0. The van der Waals surface area contributed by atoms with Crippen molar-refractivity contribution in [1.29, 1.82) is 5.26 Å². The maximum atomic E-state index is 8.36. The molecule has 0 N–H and O–H groups in total. The van der Waals surface area contributed by atoms with E-state index in [9.17, 15) is 0 Å². The SMILES string of the molecule is CN1C=CC=CC1SC#N. The number of thiocyanates is 1. The maximum absolute atomic E-state index is 8.36. The van der Waals surface area contributed by atoms with Gasteiger partial charge in [-0.25, -0.2) is 0 Å². The predicted molar refractivity (Wildman–Crippen MR) is 43.0 cm³/mol. The summed E-state index contributed by atoms with van der Waals surface area (Å²) < 4.78 is 0. The van der Waals surface area contributed by atoms with E-state index < -0.39 is 0 Å². The molecule has 10 heavy (non-hydrogen) atoms. The van der Waals surface area contributed by atoms with Gasteiger partial charge >= 0.3 is 0 Å². The Morgan fingerprint density at radius 2 is 2.40 bits per heavy atom. The van der Waals surface area contributed by atoms with Gasteiger partial charge in [0.2, 0.25) is 0 Å². The summed E-state index contributed by atoms with van der Waals surface area (Å²) in [5.41, 5.74) is 0. The molecule has 1 aliphatic heterocycles. The second kappa shape index (κ2) is 3.33. The van der Waals surface area contributed by atoms with Crippen LogP contribution in [0.2, 0.25) is 0 Å². The monoisotopic (exact) mass is 152 g/mol.